The first-order valence-corrected chi connectivity index (χ1v) is 11.1. The van der Waals surface area contributed by atoms with Crippen LogP contribution in [0.5, 0.6) is 11.5 Å². The summed E-state index contributed by atoms with van der Waals surface area (Å²) in [4.78, 5) is 4.22. The third kappa shape index (κ3) is 7.92. The van der Waals surface area contributed by atoms with Crippen LogP contribution in [0.2, 0.25) is 0 Å². The van der Waals surface area contributed by atoms with E-state index in [1.807, 2.05) is 30.5 Å². The zero-order chi connectivity index (χ0) is 19.3. The number of aromatic nitrogens is 1. The topological polar surface area (TPSA) is 31.4 Å². The van der Waals surface area contributed by atoms with E-state index in [1.54, 1.807) is 0 Å². The van der Waals surface area contributed by atoms with Gasteiger partial charge in [-0.25, -0.2) is 4.98 Å². The summed E-state index contributed by atoms with van der Waals surface area (Å²) in [6.45, 7) is 5.94. The molecule has 1 heterocycles. The molecular formula is C23H32BrNO2. The lowest BCUT2D eigenvalue weighted by Gasteiger charge is -2.14. The van der Waals surface area contributed by atoms with Gasteiger partial charge in [0.2, 0.25) is 0 Å². The van der Waals surface area contributed by atoms with E-state index in [0.29, 0.717) is 0 Å². The Labute approximate surface area is 172 Å². The number of benzene rings is 1. The number of halogens is 1. The molecule has 4 heteroatoms. The van der Waals surface area contributed by atoms with E-state index in [-0.39, 0.29) is 0 Å². The second kappa shape index (κ2) is 12.8. The maximum absolute atomic E-state index is 6.15. The summed E-state index contributed by atoms with van der Waals surface area (Å²) in [5, 5.41) is 0. The van der Waals surface area contributed by atoms with Crippen LogP contribution in [0.25, 0.3) is 11.1 Å². The average molecular weight is 434 g/mol. The van der Waals surface area contributed by atoms with Gasteiger partial charge in [-0.05, 0) is 58.6 Å². The first-order chi connectivity index (χ1) is 13.2. The molecule has 0 spiro atoms. The van der Waals surface area contributed by atoms with Gasteiger partial charge in [-0.2, -0.15) is 0 Å². The highest BCUT2D eigenvalue weighted by Crippen LogP contribution is 2.34. The molecule has 1 aromatic heterocycles. The summed E-state index contributed by atoms with van der Waals surface area (Å²) >= 11 is 3.46. The number of hydrogen-bond acceptors (Lipinski definition) is 3. The number of ether oxygens (including phenoxy) is 2. The van der Waals surface area contributed by atoms with Gasteiger partial charge in [-0.15, -0.1) is 0 Å². The highest BCUT2D eigenvalue weighted by Gasteiger charge is 2.10. The highest BCUT2D eigenvalue weighted by atomic mass is 79.9. The van der Waals surface area contributed by atoms with Crippen LogP contribution in [0.15, 0.2) is 41.1 Å². The number of nitrogens with zero attached hydrogens (tertiary/aromatic N) is 1. The molecule has 0 unspecified atom stereocenters. The Hall–Kier alpha value is -1.55. The van der Waals surface area contributed by atoms with Crippen molar-refractivity contribution in [2.24, 2.45) is 0 Å². The Morgan fingerprint density at radius 2 is 1.52 bits per heavy atom. The summed E-state index contributed by atoms with van der Waals surface area (Å²) in [7, 11) is 0. The van der Waals surface area contributed by atoms with Crippen LogP contribution in [0, 0.1) is 0 Å². The summed E-state index contributed by atoms with van der Waals surface area (Å²) in [6, 6.07) is 10.2. The first-order valence-electron chi connectivity index (χ1n) is 10.3. The van der Waals surface area contributed by atoms with E-state index in [0.717, 1.165) is 53.3 Å². The Bertz CT molecular complexity index is 675. The predicted octanol–water partition coefficient (Wildman–Crippen LogP) is 7.43. The summed E-state index contributed by atoms with van der Waals surface area (Å²) < 4.78 is 12.9. The van der Waals surface area contributed by atoms with E-state index < -0.39 is 0 Å². The highest BCUT2D eigenvalue weighted by molar-refractivity contribution is 9.10. The predicted molar refractivity (Wildman–Crippen MR) is 117 cm³/mol. The molecule has 0 amide bonds. The molecule has 0 atom stereocenters. The molecule has 0 bridgehead atoms. The molecule has 0 fully saturated rings. The molecule has 0 N–H and O–H groups in total. The van der Waals surface area contributed by atoms with Crippen molar-refractivity contribution in [3.8, 4) is 22.6 Å². The molecule has 0 aliphatic carbocycles. The molecule has 148 valence electrons. The van der Waals surface area contributed by atoms with Gasteiger partial charge in [0.05, 0.1) is 13.2 Å². The van der Waals surface area contributed by atoms with Crippen molar-refractivity contribution in [1.82, 2.24) is 4.98 Å². The molecular weight excluding hydrogens is 402 g/mol. The van der Waals surface area contributed by atoms with Gasteiger partial charge < -0.3 is 9.47 Å². The van der Waals surface area contributed by atoms with E-state index in [2.05, 4.69) is 40.8 Å². The first kappa shape index (κ1) is 21.7. The summed E-state index contributed by atoms with van der Waals surface area (Å²) in [5.41, 5.74) is 2.17. The molecule has 0 saturated heterocycles. The van der Waals surface area contributed by atoms with Crippen LogP contribution in [-0.2, 0) is 0 Å². The Morgan fingerprint density at radius 3 is 2.19 bits per heavy atom. The molecule has 3 nitrogen and oxygen atoms in total. The van der Waals surface area contributed by atoms with Crippen molar-refractivity contribution in [2.45, 2.75) is 65.2 Å². The normalized spacial score (nSPS) is 10.8. The van der Waals surface area contributed by atoms with Gasteiger partial charge >= 0.3 is 0 Å². The van der Waals surface area contributed by atoms with Gasteiger partial charge in [-0.3, -0.25) is 0 Å². The second-order valence-corrected chi connectivity index (χ2v) is 7.66. The lowest BCUT2D eigenvalue weighted by atomic mass is 10.1. The molecule has 0 aliphatic rings. The minimum Gasteiger partial charge on any atom is -0.493 e. The fraction of sp³-hybridized carbons (Fsp3) is 0.522. The van der Waals surface area contributed by atoms with Crippen molar-refractivity contribution in [3.05, 3.63) is 41.1 Å². The third-order valence-corrected chi connectivity index (χ3v) is 4.95. The standard InChI is InChI=1S/C23H32BrNO2/c1-3-5-7-9-15-26-20-11-12-21(19-13-14-25-23(24)17-19)22(18-20)27-16-10-8-6-4-2/h11-14,17-18H,3-10,15-16H2,1-2H3. The fourth-order valence-corrected chi connectivity index (χ4v) is 3.32. The van der Waals surface area contributed by atoms with Gasteiger partial charge in [0.25, 0.3) is 0 Å². The molecule has 1 aromatic carbocycles. The van der Waals surface area contributed by atoms with E-state index in [9.17, 15) is 0 Å². The Kier molecular flexibility index (Phi) is 10.3. The molecule has 0 radical (unpaired) electrons. The van der Waals surface area contributed by atoms with Crippen LogP contribution >= 0.6 is 15.9 Å². The minimum absolute atomic E-state index is 0.735. The smallest absolute Gasteiger partial charge is 0.130 e. The van der Waals surface area contributed by atoms with Gasteiger partial charge in [0.15, 0.2) is 0 Å². The quantitative estimate of drug-likeness (QED) is 0.243. The third-order valence-electron chi connectivity index (χ3n) is 4.51. The molecule has 2 rings (SSSR count). The lowest BCUT2D eigenvalue weighted by molar-refractivity contribution is 0.291. The average Bonchev–Trinajstić information content (AvgIpc) is 2.68. The molecule has 0 aliphatic heterocycles. The summed E-state index contributed by atoms with van der Waals surface area (Å²) in [5.74, 6) is 1.77. The van der Waals surface area contributed by atoms with Crippen molar-refractivity contribution >= 4 is 15.9 Å². The molecule has 0 saturated carbocycles. The SMILES string of the molecule is CCCCCCOc1ccc(-c2ccnc(Br)c2)c(OCCCCCC)c1. The zero-order valence-electron chi connectivity index (χ0n) is 16.7. The van der Waals surface area contributed by atoms with Crippen LogP contribution < -0.4 is 9.47 Å². The van der Waals surface area contributed by atoms with Crippen molar-refractivity contribution in [1.29, 1.82) is 0 Å². The Morgan fingerprint density at radius 1 is 0.815 bits per heavy atom. The van der Waals surface area contributed by atoms with Crippen molar-refractivity contribution in [3.63, 3.8) is 0 Å². The zero-order valence-corrected chi connectivity index (χ0v) is 18.3. The van der Waals surface area contributed by atoms with Gasteiger partial charge in [-0.1, -0.05) is 52.4 Å². The number of hydrogen-bond donors (Lipinski definition) is 0. The van der Waals surface area contributed by atoms with E-state index >= 15 is 0 Å². The van der Waals surface area contributed by atoms with Gasteiger partial charge in [0, 0.05) is 17.8 Å². The maximum atomic E-state index is 6.15. The lowest BCUT2D eigenvalue weighted by Crippen LogP contribution is -2.01. The maximum Gasteiger partial charge on any atom is 0.130 e. The minimum atomic E-state index is 0.735. The fourth-order valence-electron chi connectivity index (χ4n) is 2.95. The van der Waals surface area contributed by atoms with Crippen LogP contribution in [0.1, 0.15) is 65.2 Å². The van der Waals surface area contributed by atoms with Crippen LogP contribution in [0.4, 0.5) is 0 Å². The molecule has 27 heavy (non-hydrogen) atoms. The number of pyridine rings is 1. The summed E-state index contributed by atoms with van der Waals surface area (Å²) in [6.07, 6.45) is 11.4. The van der Waals surface area contributed by atoms with Crippen LogP contribution in [-0.4, -0.2) is 18.2 Å². The second-order valence-electron chi connectivity index (χ2n) is 6.84. The monoisotopic (exact) mass is 433 g/mol. The largest absolute Gasteiger partial charge is 0.493 e. The Balaban J connectivity index is 2.07. The van der Waals surface area contributed by atoms with Gasteiger partial charge in [0.1, 0.15) is 16.1 Å². The van der Waals surface area contributed by atoms with E-state index in [4.69, 9.17) is 9.47 Å². The van der Waals surface area contributed by atoms with Crippen LogP contribution in [0.3, 0.4) is 0 Å². The number of unbranched alkanes of at least 4 members (excludes halogenated alkanes) is 6. The van der Waals surface area contributed by atoms with E-state index in [1.165, 1.54) is 38.5 Å². The van der Waals surface area contributed by atoms with Crippen molar-refractivity contribution < 1.29 is 9.47 Å². The van der Waals surface area contributed by atoms with Crippen molar-refractivity contribution in [2.75, 3.05) is 13.2 Å². The number of rotatable bonds is 13. The molecule has 2 aromatic rings.